The summed E-state index contributed by atoms with van der Waals surface area (Å²) >= 11 is 0. The van der Waals surface area contributed by atoms with Crippen LogP contribution < -0.4 is 0 Å². The molecule has 0 amide bonds. The van der Waals surface area contributed by atoms with Crippen LogP contribution in [-0.2, 0) is 0 Å². The zero-order valence-electron chi connectivity index (χ0n) is 15.6. The van der Waals surface area contributed by atoms with E-state index >= 15 is 0 Å². The van der Waals surface area contributed by atoms with Crippen LogP contribution in [-0.4, -0.2) is 45.2 Å². The van der Waals surface area contributed by atoms with Gasteiger partial charge < -0.3 is 10.6 Å². The maximum Gasteiger partial charge on any atom is 2.00 e. The van der Waals surface area contributed by atoms with Crippen LogP contribution in [0.15, 0.2) is 0 Å². The fraction of sp³-hybridized carbons (Fsp3) is 1.00. The van der Waals surface area contributed by atoms with E-state index in [2.05, 4.69) is 93.7 Å². The van der Waals surface area contributed by atoms with E-state index < -0.39 is 0 Å². The molecule has 0 radical (unpaired) electrons. The van der Waals surface area contributed by atoms with Crippen LogP contribution in [0, 0.1) is 0 Å². The van der Waals surface area contributed by atoms with E-state index in [0.29, 0.717) is 0 Å². The minimum atomic E-state index is 0. The predicted molar refractivity (Wildman–Crippen MR) is 91.5 cm³/mol. The van der Waals surface area contributed by atoms with Gasteiger partial charge in [-0.1, -0.05) is 83.1 Å². The monoisotopic (exact) mass is 280 g/mol. The van der Waals surface area contributed by atoms with Gasteiger partial charge in [0.1, 0.15) is 0 Å². The van der Waals surface area contributed by atoms with Gasteiger partial charge in [-0.3, -0.25) is 0 Å². The topological polar surface area (TPSA) is 28.2 Å². The smallest absolute Gasteiger partial charge is 0.653 e. The molecule has 112 valence electrons. The molecule has 0 unspecified atom stereocenters. The minimum Gasteiger partial charge on any atom is -0.653 e. The molecule has 0 N–H and O–H groups in total. The first-order chi connectivity index (χ1) is 7.41. The van der Waals surface area contributed by atoms with Gasteiger partial charge in [-0.05, 0) is 0 Å². The third kappa shape index (κ3) is 32.3. The van der Waals surface area contributed by atoms with Gasteiger partial charge in [0.15, 0.2) is 0 Å². The second-order valence-corrected chi connectivity index (χ2v) is 8.91. The molecule has 0 saturated heterocycles. The SMILES string of the molecule is CC(C)(C)[N-]C(C)(C)C.CC(C)(C)[N-]C(C)(C)C.[Mg+2]. The van der Waals surface area contributed by atoms with Crippen molar-refractivity contribution in [1.82, 2.24) is 0 Å². The summed E-state index contributed by atoms with van der Waals surface area (Å²) in [7, 11) is 0. The standard InChI is InChI=1S/2C8H18N.Mg/c2*1-7(2,3)9-8(4,5)6;/h2*1-6H3;/q2*-1;+2. The average Bonchev–Trinajstić information content (AvgIpc) is 1.64. The molecular weight excluding hydrogens is 244 g/mol. The van der Waals surface area contributed by atoms with Gasteiger partial charge in [-0.15, -0.1) is 22.2 Å². The molecule has 0 aliphatic rings. The summed E-state index contributed by atoms with van der Waals surface area (Å²) in [5.74, 6) is 0. The van der Waals surface area contributed by atoms with Crippen molar-refractivity contribution >= 4 is 23.1 Å². The van der Waals surface area contributed by atoms with Gasteiger partial charge in [0.05, 0.1) is 0 Å². The summed E-state index contributed by atoms with van der Waals surface area (Å²) in [5, 5.41) is 9.08. The van der Waals surface area contributed by atoms with E-state index in [0.717, 1.165) is 0 Å². The van der Waals surface area contributed by atoms with Gasteiger partial charge >= 0.3 is 23.1 Å². The Bertz CT molecular complexity index is 171. The molecule has 0 heterocycles. The molecule has 0 aliphatic carbocycles. The summed E-state index contributed by atoms with van der Waals surface area (Å²) < 4.78 is 0. The van der Waals surface area contributed by atoms with Crippen molar-refractivity contribution in [2.45, 2.75) is 105 Å². The van der Waals surface area contributed by atoms with E-state index in [1.807, 2.05) is 0 Å². The number of hydrogen-bond donors (Lipinski definition) is 0. The summed E-state index contributed by atoms with van der Waals surface area (Å²) in [6, 6.07) is 0. The maximum absolute atomic E-state index is 4.54. The third-order valence-corrected chi connectivity index (χ3v) is 1.34. The van der Waals surface area contributed by atoms with Crippen molar-refractivity contribution in [2.24, 2.45) is 0 Å². The van der Waals surface area contributed by atoms with Crippen LogP contribution in [0.2, 0.25) is 0 Å². The Morgan fingerprint density at radius 2 is 0.474 bits per heavy atom. The Balaban J connectivity index is -0.000000256. The summed E-state index contributed by atoms with van der Waals surface area (Å²) in [5.41, 5.74) is 0.438. The average molecular weight is 281 g/mol. The van der Waals surface area contributed by atoms with Gasteiger partial charge in [0.25, 0.3) is 0 Å². The van der Waals surface area contributed by atoms with E-state index in [-0.39, 0.29) is 45.2 Å². The van der Waals surface area contributed by atoms with Crippen LogP contribution in [0.5, 0.6) is 0 Å². The fourth-order valence-corrected chi connectivity index (χ4v) is 2.01. The number of rotatable bonds is 0. The van der Waals surface area contributed by atoms with Crippen LogP contribution in [0.3, 0.4) is 0 Å². The second kappa shape index (κ2) is 8.21. The van der Waals surface area contributed by atoms with Crippen LogP contribution in [0.1, 0.15) is 83.1 Å². The van der Waals surface area contributed by atoms with Crippen molar-refractivity contribution in [2.75, 3.05) is 0 Å². The molecule has 0 aliphatic heterocycles. The van der Waals surface area contributed by atoms with Crippen molar-refractivity contribution in [3.05, 3.63) is 10.6 Å². The van der Waals surface area contributed by atoms with Crippen LogP contribution in [0.25, 0.3) is 10.6 Å². The molecule has 0 atom stereocenters. The largest absolute Gasteiger partial charge is 2.00 e. The van der Waals surface area contributed by atoms with Crippen molar-refractivity contribution < 1.29 is 0 Å². The van der Waals surface area contributed by atoms with Gasteiger partial charge in [0, 0.05) is 0 Å². The Morgan fingerprint density at radius 1 is 0.368 bits per heavy atom. The first-order valence-electron chi connectivity index (χ1n) is 6.89. The van der Waals surface area contributed by atoms with E-state index in [9.17, 15) is 0 Å². The molecule has 0 bridgehead atoms. The molecule has 2 nitrogen and oxygen atoms in total. The Hall–Kier alpha value is 0.686. The first-order valence-corrected chi connectivity index (χ1v) is 6.89. The summed E-state index contributed by atoms with van der Waals surface area (Å²) in [6.45, 7) is 25.5. The number of hydrogen-bond acceptors (Lipinski definition) is 0. The van der Waals surface area contributed by atoms with Gasteiger partial charge in [-0.2, -0.15) is 0 Å². The van der Waals surface area contributed by atoms with E-state index in [1.165, 1.54) is 0 Å². The Labute approximate surface area is 139 Å². The van der Waals surface area contributed by atoms with Gasteiger partial charge in [-0.25, -0.2) is 0 Å². The molecular formula is C16H36MgN2. The Morgan fingerprint density at radius 3 is 0.474 bits per heavy atom. The van der Waals surface area contributed by atoms with Crippen LogP contribution in [0.4, 0.5) is 0 Å². The molecule has 0 spiro atoms. The molecule has 0 saturated carbocycles. The zero-order valence-corrected chi connectivity index (χ0v) is 17.0. The normalized spacial score (nSPS) is 13.3. The zero-order chi connectivity index (χ0) is 15.4. The van der Waals surface area contributed by atoms with Gasteiger partial charge in [0.2, 0.25) is 0 Å². The van der Waals surface area contributed by atoms with Crippen LogP contribution >= 0.6 is 0 Å². The molecule has 0 fully saturated rings. The molecule has 0 aromatic rings. The number of nitrogens with zero attached hydrogens (tertiary/aromatic N) is 2. The quantitative estimate of drug-likeness (QED) is 0.522. The first kappa shape index (κ1) is 24.7. The summed E-state index contributed by atoms with van der Waals surface area (Å²) in [4.78, 5) is 0. The van der Waals surface area contributed by atoms with Crippen molar-refractivity contribution in [3.8, 4) is 0 Å². The molecule has 3 heteroatoms. The van der Waals surface area contributed by atoms with Crippen molar-refractivity contribution in [1.29, 1.82) is 0 Å². The van der Waals surface area contributed by atoms with E-state index in [1.54, 1.807) is 0 Å². The third-order valence-electron chi connectivity index (χ3n) is 1.34. The second-order valence-electron chi connectivity index (χ2n) is 8.91. The van der Waals surface area contributed by atoms with E-state index in [4.69, 9.17) is 0 Å². The summed E-state index contributed by atoms with van der Waals surface area (Å²) in [6.07, 6.45) is 0. The minimum absolute atomic E-state index is 0. The fourth-order valence-electron chi connectivity index (χ4n) is 2.01. The van der Waals surface area contributed by atoms with Crippen molar-refractivity contribution in [3.63, 3.8) is 0 Å². The molecule has 19 heavy (non-hydrogen) atoms. The maximum atomic E-state index is 4.54. The Kier molecular flexibility index (Phi) is 10.7. The predicted octanol–water partition coefficient (Wildman–Crippen LogP) is 5.53. The molecule has 0 aromatic heterocycles. The molecule has 0 aromatic carbocycles. The molecule has 0 rings (SSSR count).